The maximum absolute atomic E-state index is 5.04. The Bertz CT molecular complexity index is 2920. The van der Waals surface area contributed by atoms with Crippen molar-refractivity contribution in [2.45, 2.75) is 0 Å². The fourth-order valence-electron chi connectivity index (χ4n) is 6.90. The van der Waals surface area contributed by atoms with Crippen molar-refractivity contribution in [3.05, 3.63) is 164 Å². The van der Waals surface area contributed by atoms with Gasteiger partial charge in [-0.3, -0.25) is 9.97 Å². The van der Waals surface area contributed by atoms with Crippen LogP contribution in [0, 0.1) is 0 Å². The minimum Gasteiger partial charge on any atom is -0.253 e. The molecule has 5 nitrogen and oxygen atoms in total. The van der Waals surface area contributed by atoms with E-state index >= 15 is 0 Å². The van der Waals surface area contributed by atoms with E-state index in [1.807, 2.05) is 30.6 Å². The summed E-state index contributed by atoms with van der Waals surface area (Å²) < 4.78 is 1.15. The van der Waals surface area contributed by atoms with E-state index in [-0.39, 0.29) is 0 Å². The summed E-state index contributed by atoms with van der Waals surface area (Å²) in [7, 11) is 0. The zero-order valence-corrected chi connectivity index (χ0v) is 28.0. The number of pyridine rings is 2. The lowest BCUT2D eigenvalue weighted by molar-refractivity contribution is 1.08. The van der Waals surface area contributed by atoms with Gasteiger partial charge in [0.15, 0.2) is 0 Å². The molecule has 0 saturated heterocycles. The van der Waals surface area contributed by atoms with E-state index in [9.17, 15) is 0 Å². The van der Waals surface area contributed by atoms with Crippen LogP contribution in [0.1, 0.15) is 0 Å². The van der Waals surface area contributed by atoms with Crippen LogP contribution in [0.5, 0.6) is 0 Å². The van der Waals surface area contributed by atoms with Crippen molar-refractivity contribution in [2.75, 3.05) is 0 Å². The highest BCUT2D eigenvalue weighted by Crippen LogP contribution is 2.40. The Morgan fingerprint density at radius 3 is 1.88 bits per heavy atom. The summed E-state index contributed by atoms with van der Waals surface area (Å²) in [4.78, 5) is 14.9. The third-order valence-corrected chi connectivity index (χ3v) is 10.6. The van der Waals surface area contributed by atoms with Gasteiger partial charge >= 0.3 is 0 Å². The molecule has 0 radical (unpaired) electrons. The van der Waals surface area contributed by atoms with Crippen LogP contribution >= 0.6 is 11.3 Å². The predicted molar refractivity (Wildman–Crippen MR) is 210 cm³/mol. The van der Waals surface area contributed by atoms with Gasteiger partial charge in [0.1, 0.15) is 5.01 Å². The molecule has 10 aromatic rings. The van der Waals surface area contributed by atoms with Crippen molar-refractivity contribution in [1.82, 2.24) is 25.1 Å². The van der Waals surface area contributed by atoms with E-state index in [4.69, 9.17) is 15.0 Å². The molecule has 0 spiro atoms. The second-order valence-corrected chi connectivity index (χ2v) is 13.7. The zero-order valence-electron chi connectivity index (χ0n) is 27.2. The standard InChI is InChI=1S/C45H27N5S/c1-3-7-28(8-4-1)36-21-34-13-14-35-22-37(27-47-44(35)43(34)46-26-36)38-17-15-31(32-12-11-29-19-20-48-50-41(29)24-32)23-39(38)33-16-18-40-42(25-33)51-45(49-40)30-9-5-2-6-10-30/h1-27H. The van der Waals surface area contributed by atoms with Crippen LogP contribution in [0.4, 0.5) is 0 Å². The van der Waals surface area contributed by atoms with Gasteiger partial charge in [-0.25, -0.2) is 4.98 Å². The lowest BCUT2D eigenvalue weighted by atomic mass is 9.91. The van der Waals surface area contributed by atoms with Crippen LogP contribution in [0.2, 0.25) is 0 Å². The molecule has 0 saturated carbocycles. The molecule has 0 bridgehead atoms. The first-order valence-corrected chi connectivity index (χ1v) is 17.6. The number of thiazole rings is 1. The number of nitrogens with zero attached hydrogens (tertiary/aromatic N) is 5. The van der Waals surface area contributed by atoms with Crippen molar-refractivity contribution >= 4 is 54.3 Å². The maximum atomic E-state index is 5.04. The average Bonchev–Trinajstić information content (AvgIpc) is 3.64. The molecule has 51 heavy (non-hydrogen) atoms. The van der Waals surface area contributed by atoms with Gasteiger partial charge < -0.3 is 0 Å². The average molecular weight is 670 g/mol. The van der Waals surface area contributed by atoms with Gasteiger partial charge in [-0.05, 0) is 75.8 Å². The summed E-state index contributed by atoms with van der Waals surface area (Å²) in [6.45, 7) is 0. The Hall–Kier alpha value is -6.63. The molecule has 0 unspecified atom stereocenters. The molecule has 0 N–H and O–H groups in total. The number of hydrogen-bond donors (Lipinski definition) is 0. The summed E-state index contributed by atoms with van der Waals surface area (Å²) in [6, 6.07) is 51.1. The molecule has 4 heterocycles. The molecule has 0 aliphatic heterocycles. The van der Waals surface area contributed by atoms with E-state index in [2.05, 4.69) is 138 Å². The van der Waals surface area contributed by atoms with Crippen molar-refractivity contribution in [1.29, 1.82) is 0 Å². The van der Waals surface area contributed by atoms with Gasteiger partial charge in [0.2, 0.25) is 0 Å². The van der Waals surface area contributed by atoms with Gasteiger partial charge in [-0.15, -0.1) is 11.3 Å². The van der Waals surface area contributed by atoms with E-state index in [0.29, 0.717) is 0 Å². The zero-order chi connectivity index (χ0) is 33.7. The molecule has 0 amide bonds. The molecular weight excluding hydrogens is 643 g/mol. The molecule has 6 aromatic carbocycles. The Morgan fingerprint density at radius 2 is 1.08 bits per heavy atom. The third kappa shape index (κ3) is 5.30. The molecule has 6 heteroatoms. The molecule has 4 aromatic heterocycles. The molecule has 10 rings (SSSR count). The third-order valence-electron chi connectivity index (χ3n) is 9.51. The number of aromatic nitrogens is 5. The van der Waals surface area contributed by atoms with Crippen LogP contribution in [-0.2, 0) is 0 Å². The minimum atomic E-state index is 0.871. The van der Waals surface area contributed by atoms with Crippen molar-refractivity contribution in [3.63, 3.8) is 0 Å². The molecule has 0 atom stereocenters. The van der Waals surface area contributed by atoms with Crippen molar-refractivity contribution in [3.8, 4) is 55.1 Å². The number of hydrogen-bond acceptors (Lipinski definition) is 6. The normalized spacial score (nSPS) is 11.5. The SMILES string of the molecule is c1ccc(-c2cnc3c(ccc4cc(-c5ccc(-c6ccc7ccnnc7c6)cc5-c5ccc6nc(-c7ccccc7)sc6c5)cnc43)c2)cc1. The molecule has 0 aliphatic carbocycles. The first-order valence-electron chi connectivity index (χ1n) is 16.8. The number of fused-ring (bicyclic) bond motifs is 5. The van der Waals surface area contributed by atoms with Crippen LogP contribution in [-0.4, -0.2) is 25.1 Å². The van der Waals surface area contributed by atoms with Crippen LogP contribution in [0.25, 0.3) is 98.0 Å². The largest absolute Gasteiger partial charge is 0.253 e. The first-order chi connectivity index (χ1) is 25.2. The Balaban J connectivity index is 1.11. The summed E-state index contributed by atoms with van der Waals surface area (Å²) in [5.41, 5.74) is 13.6. The summed E-state index contributed by atoms with van der Waals surface area (Å²) in [5, 5.41) is 12.7. The van der Waals surface area contributed by atoms with Gasteiger partial charge in [-0.2, -0.15) is 10.2 Å². The fourth-order valence-corrected chi connectivity index (χ4v) is 7.91. The van der Waals surface area contributed by atoms with Crippen LogP contribution < -0.4 is 0 Å². The molecular formula is C45H27N5S. The van der Waals surface area contributed by atoms with Crippen LogP contribution in [0.15, 0.2) is 164 Å². The highest BCUT2D eigenvalue weighted by molar-refractivity contribution is 7.21. The van der Waals surface area contributed by atoms with E-state index in [1.54, 1.807) is 17.5 Å². The maximum Gasteiger partial charge on any atom is 0.124 e. The Morgan fingerprint density at radius 1 is 0.412 bits per heavy atom. The van der Waals surface area contributed by atoms with Crippen LogP contribution in [0.3, 0.4) is 0 Å². The van der Waals surface area contributed by atoms with Gasteiger partial charge in [0, 0.05) is 45.2 Å². The highest BCUT2D eigenvalue weighted by Gasteiger charge is 2.15. The van der Waals surface area contributed by atoms with Crippen molar-refractivity contribution in [2.24, 2.45) is 0 Å². The summed E-state index contributed by atoms with van der Waals surface area (Å²) in [6.07, 6.45) is 5.66. The minimum absolute atomic E-state index is 0.871. The first kappa shape index (κ1) is 29.3. The Labute approximate surface area is 297 Å². The molecule has 238 valence electrons. The number of rotatable bonds is 5. The second kappa shape index (κ2) is 12.1. The van der Waals surface area contributed by atoms with E-state index in [0.717, 1.165) is 98.0 Å². The Kier molecular flexibility index (Phi) is 6.93. The second-order valence-electron chi connectivity index (χ2n) is 12.7. The monoisotopic (exact) mass is 669 g/mol. The predicted octanol–water partition coefficient (Wildman–Crippen LogP) is 11.7. The van der Waals surface area contributed by atoms with E-state index < -0.39 is 0 Å². The van der Waals surface area contributed by atoms with Gasteiger partial charge in [0.25, 0.3) is 0 Å². The van der Waals surface area contributed by atoms with Gasteiger partial charge in [0.05, 0.1) is 33.0 Å². The summed E-state index contributed by atoms with van der Waals surface area (Å²) in [5.74, 6) is 0. The molecule has 0 aliphatic rings. The lowest BCUT2D eigenvalue weighted by Gasteiger charge is -2.14. The topological polar surface area (TPSA) is 64.5 Å². The van der Waals surface area contributed by atoms with Crippen molar-refractivity contribution < 1.29 is 0 Å². The summed E-state index contributed by atoms with van der Waals surface area (Å²) >= 11 is 1.72. The van der Waals surface area contributed by atoms with Gasteiger partial charge in [-0.1, -0.05) is 103 Å². The number of benzene rings is 6. The fraction of sp³-hybridized carbons (Fsp3) is 0. The quantitative estimate of drug-likeness (QED) is 0.171. The van der Waals surface area contributed by atoms with E-state index in [1.165, 1.54) is 0 Å². The smallest absolute Gasteiger partial charge is 0.124 e. The highest BCUT2D eigenvalue weighted by atomic mass is 32.1. The lowest BCUT2D eigenvalue weighted by Crippen LogP contribution is -1.91. The molecule has 0 fully saturated rings.